The van der Waals surface area contributed by atoms with Gasteiger partial charge in [0.25, 0.3) is 0 Å². The Hall–Kier alpha value is -1.10. The fourth-order valence-electron chi connectivity index (χ4n) is 1.01. The van der Waals surface area contributed by atoms with Gasteiger partial charge in [-0.15, -0.1) is 0 Å². The van der Waals surface area contributed by atoms with Gasteiger partial charge in [0.05, 0.1) is 17.1 Å². The Kier molecular flexibility index (Phi) is 4.55. The standard InChI is InChI=1S/C10H10BrFO3/c1-14-10(13)7-2-3-8(11)9(6-7)15-5-4-12/h2-3,6H,4-5H2,1H3. The number of hydrogen-bond acceptors (Lipinski definition) is 3. The topological polar surface area (TPSA) is 35.5 Å². The molecule has 15 heavy (non-hydrogen) atoms. The SMILES string of the molecule is COC(=O)c1ccc(Br)c(OCCF)c1. The molecule has 0 unspecified atom stereocenters. The molecule has 0 radical (unpaired) electrons. The second kappa shape index (κ2) is 5.70. The van der Waals surface area contributed by atoms with Crippen molar-refractivity contribution >= 4 is 21.9 Å². The summed E-state index contributed by atoms with van der Waals surface area (Å²) in [5, 5.41) is 0. The highest BCUT2D eigenvalue weighted by atomic mass is 79.9. The maximum absolute atomic E-state index is 11.9. The summed E-state index contributed by atoms with van der Waals surface area (Å²) in [6, 6.07) is 4.75. The second-order valence-corrected chi connectivity index (χ2v) is 3.53. The van der Waals surface area contributed by atoms with Crippen LogP contribution >= 0.6 is 15.9 Å². The number of ether oxygens (including phenoxy) is 2. The van der Waals surface area contributed by atoms with Gasteiger partial charge in [0.15, 0.2) is 0 Å². The third-order valence-electron chi connectivity index (χ3n) is 1.69. The predicted octanol–water partition coefficient (Wildman–Crippen LogP) is 2.58. The van der Waals surface area contributed by atoms with Gasteiger partial charge in [-0.05, 0) is 34.1 Å². The van der Waals surface area contributed by atoms with Crippen LogP contribution in [0.3, 0.4) is 0 Å². The zero-order valence-electron chi connectivity index (χ0n) is 8.13. The number of carbonyl (C=O) groups is 1. The monoisotopic (exact) mass is 276 g/mol. The van der Waals surface area contributed by atoms with Crippen molar-refractivity contribution in [3.05, 3.63) is 28.2 Å². The fraction of sp³-hybridized carbons (Fsp3) is 0.300. The molecule has 0 spiro atoms. The first-order valence-corrected chi connectivity index (χ1v) is 5.05. The second-order valence-electron chi connectivity index (χ2n) is 2.67. The molecule has 1 aromatic rings. The highest BCUT2D eigenvalue weighted by Crippen LogP contribution is 2.26. The first kappa shape index (κ1) is 12.0. The molecule has 82 valence electrons. The summed E-state index contributed by atoms with van der Waals surface area (Å²) in [4.78, 5) is 11.2. The first-order chi connectivity index (χ1) is 7.19. The number of esters is 1. The predicted molar refractivity (Wildman–Crippen MR) is 57.0 cm³/mol. The Balaban J connectivity index is 2.89. The van der Waals surface area contributed by atoms with Crippen molar-refractivity contribution in [2.75, 3.05) is 20.4 Å². The van der Waals surface area contributed by atoms with Crippen LogP contribution in [0.2, 0.25) is 0 Å². The molecule has 1 rings (SSSR count). The van der Waals surface area contributed by atoms with Gasteiger partial charge in [-0.1, -0.05) is 0 Å². The van der Waals surface area contributed by atoms with Crippen molar-refractivity contribution in [1.29, 1.82) is 0 Å². The van der Waals surface area contributed by atoms with E-state index < -0.39 is 12.6 Å². The molecule has 0 aromatic heterocycles. The summed E-state index contributed by atoms with van der Waals surface area (Å²) in [6.45, 7) is -0.613. The van der Waals surface area contributed by atoms with Crippen LogP contribution in [0.4, 0.5) is 4.39 Å². The molecule has 5 heteroatoms. The Morgan fingerprint density at radius 3 is 2.87 bits per heavy atom. The lowest BCUT2D eigenvalue weighted by molar-refractivity contribution is 0.0600. The van der Waals surface area contributed by atoms with Gasteiger partial charge in [0.2, 0.25) is 0 Å². The summed E-state index contributed by atoms with van der Waals surface area (Å²) < 4.78 is 22.2. The van der Waals surface area contributed by atoms with Crippen LogP contribution in [0.1, 0.15) is 10.4 Å². The van der Waals surface area contributed by atoms with Crippen molar-refractivity contribution in [1.82, 2.24) is 0 Å². The molecule has 0 aliphatic carbocycles. The van der Waals surface area contributed by atoms with Crippen molar-refractivity contribution in [3.8, 4) is 5.75 Å². The van der Waals surface area contributed by atoms with Crippen LogP contribution < -0.4 is 4.74 Å². The molecule has 0 bridgehead atoms. The highest BCUT2D eigenvalue weighted by molar-refractivity contribution is 9.10. The molecule has 0 amide bonds. The van der Waals surface area contributed by atoms with E-state index in [-0.39, 0.29) is 6.61 Å². The maximum atomic E-state index is 11.9. The average Bonchev–Trinajstić information content (AvgIpc) is 2.27. The van der Waals surface area contributed by atoms with E-state index in [9.17, 15) is 9.18 Å². The van der Waals surface area contributed by atoms with Crippen LogP contribution in [0.5, 0.6) is 5.75 Å². The van der Waals surface area contributed by atoms with E-state index in [0.717, 1.165) is 0 Å². The smallest absolute Gasteiger partial charge is 0.337 e. The van der Waals surface area contributed by atoms with Crippen LogP contribution in [0, 0.1) is 0 Å². The average molecular weight is 277 g/mol. The molecule has 0 N–H and O–H groups in total. The molecule has 0 aliphatic heterocycles. The summed E-state index contributed by atoms with van der Waals surface area (Å²) in [5.41, 5.74) is 0.370. The minimum Gasteiger partial charge on any atom is -0.490 e. The summed E-state index contributed by atoms with van der Waals surface area (Å²) in [5.74, 6) is -0.0249. The molecule has 0 fully saturated rings. The molecule has 3 nitrogen and oxygen atoms in total. The number of methoxy groups -OCH3 is 1. The van der Waals surface area contributed by atoms with Crippen LogP contribution in [-0.4, -0.2) is 26.4 Å². The summed E-state index contributed by atoms with van der Waals surface area (Å²) in [6.07, 6.45) is 0. The molecule has 0 saturated carbocycles. The Labute approximate surface area is 95.3 Å². The Morgan fingerprint density at radius 2 is 2.27 bits per heavy atom. The van der Waals surface area contributed by atoms with Gasteiger partial charge in [0.1, 0.15) is 19.0 Å². The zero-order valence-corrected chi connectivity index (χ0v) is 9.71. The quantitative estimate of drug-likeness (QED) is 0.793. The molecule has 0 saturated heterocycles. The van der Waals surface area contributed by atoms with E-state index in [1.165, 1.54) is 13.2 Å². The molecular formula is C10H10BrFO3. The summed E-state index contributed by atoms with van der Waals surface area (Å²) in [7, 11) is 1.30. The lowest BCUT2D eigenvalue weighted by Gasteiger charge is -2.07. The maximum Gasteiger partial charge on any atom is 0.337 e. The Morgan fingerprint density at radius 1 is 1.53 bits per heavy atom. The number of rotatable bonds is 4. The van der Waals surface area contributed by atoms with E-state index in [2.05, 4.69) is 20.7 Å². The third kappa shape index (κ3) is 3.20. The molecule has 0 atom stereocenters. The molecule has 0 aliphatic rings. The molecule has 0 heterocycles. The minimum atomic E-state index is -0.575. The number of alkyl halides is 1. The normalized spacial score (nSPS) is 9.80. The van der Waals surface area contributed by atoms with Crippen LogP contribution in [0.25, 0.3) is 0 Å². The zero-order chi connectivity index (χ0) is 11.3. The van der Waals surface area contributed by atoms with Crippen molar-refractivity contribution < 1.29 is 18.7 Å². The Bertz CT molecular complexity index is 355. The highest BCUT2D eigenvalue weighted by Gasteiger charge is 2.09. The van der Waals surface area contributed by atoms with Crippen molar-refractivity contribution in [2.24, 2.45) is 0 Å². The van der Waals surface area contributed by atoms with Gasteiger partial charge >= 0.3 is 5.97 Å². The van der Waals surface area contributed by atoms with E-state index in [1.54, 1.807) is 12.1 Å². The van der Waals surface area contributed by atoms with Gasteiger partial charge in [-0.25, -0.2) is 9.18 Å². The van der Waals surface area contributed by atoms with Crippen molar-refractivity contribution in [2.45, 2.75) is 0 Å². The number of carbonyl (C=O) groups excluding carboxylic acids is 1. The van der Waals surface area contributed by atoms with E-state index >= 15 is 0 Å². The largest absolute Gasteiger partial charge is 0.490 e. The summed E-state index contributed by atoms with van der Waals surface area (Å²) >= 11 is 3.23. The van der Waals surface area contributed by atoms with Crippen LogP contribution in [0.15, 0.2) is 22.7 Å². The van der Waals surface area contributed by atoms with E-state index in [1.807, 2.05) is 0 Å². The lowest BCUT2D eigenvalue weighted by Crippen LogP contribution is -2.04. The molecule has 1 aromatic carbocycles. The van der Waals surface area contributed by atoms with E-state index in [4.69, 9.17) is 4.74 Å². The third-order valence-corrected chi connectivity index (χ3v) is 2.34. The minimum absolute atomic E-state index is 0.0385. The van der Waals surface area contributed by atoms with E-state index in [0.29, 0.717) is 15.8 Å². The lowest BCUT2D eigenvalue weighted by atomic mass is 10.2. The number of halogens is 2. The molecular weight excluding hydrogens is 267 g/mol. The van der Waals surface area contributed by atoms with Crippen LogP contribution in [-0.2, 0) is 4.74 Å². The van der Waals surface area contributed by atoms with Gasteiger partial charge in [-0.3, -0.25) is 0 Å². The number of benzene rings is 1. The van der Waals surface area contributed by atoms with Gasteiger partial charge in [-0.2, -0.15) is 0 Å². The first-order valence-electron chi connectivity index (χ1n) is 4.25. The fourth-order valence-corrected chi connectivity index (χ4v) is 1.37. The number of hydrogen-bond donors (Lipinski definition) is 0. The van der Waals surface area contributed by atoms with Crippen molar-refractivity contribution in [3.63, 3.8) is 0 Å². The van der Waals surface area contributed by atoms with Gasteiger partial charge < -0.3 is 9.47 Å². The van der Waals surface area contributed by atoms with Gasteiger partial charge in [0, 0.05) is 0 Å².